The molecule has 3 unspecified atom stereocenters. The fraction of sp³-hybridized carbons (Fsp3) is 0.538. The molecule has 2 bridgehead atoms. The molecule has 4 heterocycles. The number of allylic oxidation sites excluding steroid dienone is 2. The Morgan fingerprint density at radius 3 is 2.86 bits per heavy atom. The summed E-state index contributed by atoms with van der Waals surface area (Å²) in [5.41, 5.74) is 0.892. The van der Waals surface area contributed by atoms with E-state index < -0.39 is 28.5 Å². The maximum atomic E-state index is 12.9. The second-order valence-corrected chi connectivity index (χ2v) is 8.36. The highest BCUT2D eigenvalue weighted by Gasteiger charge is 2.73. The molecule has 4 aliphatic heterocycles. The molecule has 4 atom stereocenters. The van der Waals surface area contributed by atoms with Gasteiger partial charge in [-0.1, -0.05) is 29.0 Å². The molecule has 5 aliphatic rings. The average Bonchev–Trinajstić information content (AvgIpc) is 2.83. The van der Waals surface area contributed by atoms with E-state index in [0.717, 1.165) is 5.57 Å². The van der Waals surface area contributed by atoms with Crippen LogP contribution in [0.5, 0.6) is 0 Å². The standard InChI is InChI=1S/C13H14N2O4S2/c1-14-10(18)12-5-7-3-2-4-8(17)9(7)15(12)11(19)13(14,6-16)21-20-12/h2-4,8-9,16-17H,5-6H2,1H3/t8-,9?,12?,13?/m1/s1. The van der Waals surface area contributed by atoms with Gasteiger partial charge in [0.2, 0.25) is 4.87 Å². The molecule has 0 aromatic rings. The highest BCUT2D eigenvalue weighted by atomic mass is 33.1. The fourth-order valence-electron chi connectivity index (χ4n) is 3.55. The predicted molar refractivity (Wildman–Crippen MR) is 79.0 cm³/mol. The first-order chi connectivity index (χ1) is 9.98. The van der Waals surface area contributed by atoms with Crippen LogP contribution in [0, 0.1) is 0 Å². The van der Waals surface area contributed by atoms with Crippen LogP contribution in [0.3, 0.4) is 0 Å². The Hall–Kier alpha value is -0.960. The van der Waals surface area contributed by atoms with E-state index in [0.29, 0.717) is 6.42 Å². The Kier molecular flexibility index (Phi) is 2.65. The van der Waals surface area contributed by atoms with E-state index in [9.17, 15) is 19.8 Å². The van der Waals surface area contributed by atoms with Crippen molar-refractivity contribution in [2.24, 2.45) is 0 Å². The zero-order valence-electron chi connectivity index (χ0n) is 11.2. The Labute approximate surface area is 129 Å². The van der Waals surface area contributed by atoms with Gasteiger partial charge in [0.1, 0.15) is 0 Å². The summed E-state index contributed by atoms with van der Waals surface area (Å²) in [6.45, 7) is -0.435. The number of nitrogens with zero attached hydrogens (tertiary/aromatic N) is 2. The monoisotopic (exact) mass is 326 g/mol. The average molecular weight is 326 g/mol. The quantitative estimate of drug-likeness (QED) is 0.644. The van der Waals surface area contributed by atoms with Crippen molar-refractivity contribution in [2.75, 3.05) is 13.7 Å². The Morgan fingerprint density at radius 1 is 1.38 bits per heavy atom. The van der Waals surface area contributed by atoms with Crippen LogP contribution < -0.4 is 0 Å². The Bertz CT molecular complexity index is 621. The lowest BCUT2D eigenvalue weighted by Gasteiger charge is -2.58. The van der Waals surface area contributed by atoms with Gasteiger partial charge in [0, 0.05) is 13.5 Å². The number of carbonyl (C=O) groups excluding carboxylic acids is 2. The van der Waals surface area contributed by atoms with Crippen LogP contribution in [0.15, 0.2) is 23.8 Å². The fourth-order valence-corrected chi connectivity index (χ4v) is 7.12. The van der Waals surface area contributed by atoms with Gasteiger partial charge in [-0.25, -0.2) is 0 Å². The first-order valence-corrected chi connectivity index (χ1v) is 8.78. The van der Waals surface area contributed by atoms with Crippen molar-refractivity contribution >= 4 is 33.4 Å². The van der Waals surface area contributed by atoms with E-state index in [4.69, 9.17) is 0 Å². The van der Waals surface area contributed by atoms with Crippen molar-refractivity contribution in [3.63, 3.8) is 0 Å². The van der Waals surface area contributed by atoms with Gasteiger partial charge in [-0.2, -0.15) is 0 Å². The van der Waals surface area contributed by atoms with Gasteiger partial charge in [-0.3, -0.25) is 9.59 Å². The highest BCUT2D eigenvalue weighted by molar-refractivity contribution is 8.78. The number of aliphatic hydroxyl groups is 2. The number of likely N-dealkylation sites (N-methyl/N-ethyl adjacent to an activating group) is 1. The topological polar surface area (TPSA) is 81.1 Å². The van der Waals surface area contributed by atoms with Crippen LogP contribution in [-0.4, -0.2) is 67.4 Å². The summed E-state index contributed by atoms with van der Waals surface area (Å²) in [7, 11) is 4.14. The number of aliphatic hydroxyl groups excluding tert-OH is 2. The molecule has 21 heavy (non-hydrogen) atoms. The molecule has 0 radical (unpaired) electrons. The normalized spacial score (nSPS) is 44.0. The lowest BCUT2D eigenvalue weighted by Crippen LogP contribution is -2.77. The molecule has 1 spiro atoms. The minimum absolute atomic E-state index is 0.178. The molecule has 2 N–H and O–H groups in total. The molecular formula is C13H14N2O4S2. The van der Waals surface area contributed by atoms with Crippen LogP contribution in [0.4, 0.5) is 0 Å². The summed E-state index contributed by atoms with van der Waals surface area (Å²) in [5, 5.41) is 20.0. The van der Waals surface area contributed by atoms with Gasteiger partial charge < -0.3 is 20.0 Å². The van der Waals surface area contributed by atoms with Gasteiger partial charge in [-0.05, 0) is 16.4 Å². The first kappa shape index (κ1) is 13.7. The van der Waals surface area contributed by atoms with E-state index in [2.05, 4.69) is 0 Å². The number of hydrogen-bond donors (Lipinski definition) is 2. The summed E-state index contributed by atoms with van der Waals surface area (Å²) < 4.78 is 0. The molecule has 1 aliphatic carbocycles. The van der Waals surface area contributed by atoms with E-state index in [-0.39, 0.29) is 11.8 Å². The molecule has 4 saturated heterocycles. The van der Waals surface area contributed by atoms with Gasteiger partial charge in [0.15, 0.2) is 4.87 Å². The molecule has 4 fully saturated rings. The van der Waals surface area contributed by atoms with Crippen molar-refractivity contribution in [3.8, 4) is 0 Å². The molecule has 0 aromatic carbocycles. The zero-order chi connectivity index (χ0) is 15.0. The highest BCUT2D eigenvalue weighted by Crippen LogP contribution is 2.64. The second kappa shape index (κ2) is 4.07. The van der Waals surface area contributed by atoms with Crippen molar-refractivity contribution in [1.29, 1.82) is 0 Å². The van der Waals surface area contributed by atoms with Gasteiger partial charge in [-0.15, -0.1) is 0 Å². The molecule has 0 aromatic heterocycles. The number of fused-ring (bicyclic) bond motifs is 3. The number of piperazine rings is 1. The third kappa shape index (κ3) is 1.35. The molecule has 5 rings (SSSR count). The summed E-state index contributed by atoms with van der Waals surface area (Å²) in [5.74, 6) is -0.471. The lowest BCUT2D eigenvalue weighted by atomic mass is 9.97. The van der Waals surface area contributed by atoms with Crippen molar-refractivity contribution in [3.05, 3.63) is 23.8 Å². The maximum Gasteiger partial charge on any atom is 0.264 e. The Balaban J connectivity index is 1.90. The zero-order valence-corrected chi connectivity index (χ0v) is 12.9. The van der Waals surface area contributed by atoms with Crippen molar-refractivity contribution < 1.29 is 19.8 Å². The van der Waals surface area contributed by atoms with Crippen LogP contribution in [0.25, 0.3) is 0 Å². The number of amides is 2. The maximum absolute atomic E-state index is 12.9. The predicted octanol–water partition coefficient (Wildman–Crippen LogP) is -0.304. The molecule has 112 valence electrons. The first-order valence-electron chi connectivity index (χ1n) is 6.63. The van der Waals surface area contributed by atoms with E-state index >= 15 is 0 Å². The number of carbonyl (C=O) groups is 2. The van der Waals surface area contributed by atoms with E-state index in [1.54, 1.807) is 19.2 Å². The molecule has 0 saturated carbocycles. The van der Waals surface area contributed by atoms with Crippen LogP contribution in [0.2, 0.25) is 0 Å². The van der Waals surface area contributed by atoms with E-state index in [1.165, 1.54) is 31.4 Å². The second-order valence-electron chi connectivity index (χ2n) is 5.67. The molecule has 8 heteroatoms. The minimum atomic E-state index is -1.28. The van der Waals surface area contributed by atoms with Crippen molar-refractivity contribution in [2.45, 2.75) is 28.3 Å². The Morgan fingerprint density at radius 2 is 2.14 bits per heavy atom. The summed E-state index contributed by atoms with van der Waals surface area (Å²) >= 11 is 0. The minimum Gasteiger partial charge on any atom is -0.392 e. The van der Waals surface area contributed by atoms with Crippen LogP contribution in [0.1, 0.15) is 6.42 Å². The lowest BCUT2D eigenvalue weighted by molar-refractivity contribution is -0.168. The number of hydrogen-bond acceptors (Lipinski definition) is 6. The van der Waals surface area contributed by atoms with Gasteiger partial charge in [0.25, 0.3) is 11.8 Å². The van der Waals surface area contributed by atoms with Crippen LogP contribution in [-0.2, 0) is 9.59 Å². The SMILES string of the molecule is CN1C(=O)C23CC4=CC=C[C@@H](O)C4N2C(=O)C1(CO)SS3. The summed E-state index contributed by atoms with van der Waals surface area (Å²) in [6.07, 6.45) is 4.87. The summed E-state index contributed by atoms with van der Waals surface area (Å²) in [6, 6.07) is -0.500. The largest absolute Gasteiger partial charge is 0.392 e. The molecular weight excluding hydrogens is 312 g/mol. The van der Waals surface area contributed by atoms with Crippen molar-refractivity contribution in [1.82, 2.24) is 9.80 Å². The van der Waals surface area contributed by atoms with Gasteiger partial charge >= 0.3 is 0 Å². The van der Waals surface area contributed by atoms with Crippen LogP contribution >= 0.6 is 21.6 Å². The smallest absolute Gasteiger partial charge is 0.264 e. The summed E-state index contributed by atoms with van der Waals surface area (Å²) in [4.78, 5) is 26.4. The third-order valence-corrected chi connectivity index (χ3v) is 8.33. The van der Waals surface area contributed by atoms with Gasteiger partial charge in [0.05, 0.1) is 18.8 Å². The number of rotatable bonds is 1. The third-order valence-electron chi connectivity index (χ3n) is 4.70. The molecule has 2 amide bonds. The van der Waals surface area contributed by atoms with E-state index in [1.807, 2.05) is 6.08 Å². The molecule has 6 nitrogen and oxygen atoms in total.